The summed E-state index contributed by atoms with van der Waals surface area (Å²) in [4.78, 5) is 29.8. The Morgan fingerprint density at radius 2 is 1.56 bits per heavy atom. The van der Waals surface area contributed by atoms with Crippen LogP contribution in [0.5, 0.6) is 0 Å². The third-order valence-corrected chi connectivity index (χ3v) is 6.12. The molecule has 0 saturated carbocycles. The molecule has 2 amide bonds. The molecule has 2 N–H and O–H groups in total. The molecular weight excluding hydrogens is 438 g/mol. The van der Waals surface area contributed by atoms with Gasteiger partial charge in [-0.25, -0.2) is 8.78 Å². The highest BCUT2D eigenvalue weighted by Gasteiger charge is 2.27. The number of rotatable bonds is 10. The number of amides is 2. The van der Waals surface area contributed by atoms with Crippen molar-refractivity contribution in [3.8, 4) is 0 Å². The Balaban J connectivity index is 1.37. The Morgan fingerprint density at radius 3 is 2.18 bits per heavy atom. The molecule has 34 heavy (non-hydrogen) atoms. The zero-order chi connectivity index (χ0) is 24.5. The van der Waals surface area contributed by atoms with Gasteiger partial charge in [-0.2, -0.15) is 0 Å². The molecule has 1 aliphatic heterocycles. The molecule has 2 aromatic rings. The molecule has 1 saturated heterocycles. The fourth-order valence-electron chi connectivity index (χ4n) is 4.11. The van der Waals surface area contributed by atoms with Crippen molar-refractivity contribution in [1.82, 2.24) is 15.5 Å². The van der Waals surface area contributed by atoms with Crippen molar-refractivity contribution in [2.24, 2.45) is 5.92 Å². The van der Waals surface area contributed by atoms with Crippen LogP contribution in [-0.4, -0.2) is 62.0 Å². The van der Waals surface area contributed by atoms with E-state index in [0.29, 0.717) is 6.54 Å². The van der Waals surface area contributed by atoms with Crippen LogP contribution in [0.4, 0.5) is 14.5 Å². The van der Waals surface area contributed by atoms with E-state index in [1.807, 2.05) is 6.07 Å². The molecule has 2 aromatic carbocycles. The van der Waals surface area contributed by atoms with Crippen LogP contribution < -0.4 is 15.5 Å². The number of benzene rings is 2. The zero-order valence-electron chi connectivity index (χ0n) is 19.9. The number of anilines is 1. The molecule has 0 bridgehead atoms. The topological polar surface area (TPSA) is 64.7 Å². The summed E-state index contributed by atoms with van der Waals surface area (Å²) in [5.74, 6) is -3.43. The maximum absolute atomic E-state index is 13.9. The number of hydrogen-bond donors (Lipinski definition) is 2. The number of nitrogens with zero attached hydrogens (tertiary/aromatic N) is 2. The van der Waals surface area contributed by atoms with Gasteiger partial charge < -0.3 is 15.5 Å². The molecular formula is C26H34F2N4O2. The number of para-hydroxylation sites is 1. The van der Waals surface area contributed by atoms with Crippen molar-refractivity contribution >= 4 is 17.5 Å². The van der Waals surface area contributed by atoms with Crippen LogP contribution in [-0.2, 0) is 4.79 Å². The highest BCUT2D eigenvalue weighted by molar-refractivity contribution is 5.98. The van der Waals surface area contributed by atoms with Crippen LogP contribution in [0.2, 0.25) is 0 Å². The van der Waals surface area contributed by atoms with Crippen molar-refractivity contribution < 1.29 is 18.4 Å². The normalized spacial score (nSPS) is 15.3. The predicted octanol–water partition coefficient (Wildman–Crippen LogP) is 3.44. The lowest BCUT2D eigenvalue weighted by Crippen LogP contribution is -2.50. The second-order valence-electron chi connectivity index (χ2n) is 8.95. The van der Waals surface area contributed by atoms with E-state index >= 15 is 0 Å². The third kappa shape index (κ3) is 7.00. The Bertz CT molecular complexity index is 927. The van der Waals surface area contributed by atoms with Gasteiger partial charge in [-0.05, 0) is 49.6 Å². The summed E-state index contributed by atoms with van der Waals surface area (Å²) in [5.41, 5.74) is 0.586. The first-order valence-corrected chi connectivity index (χ1v) is 11.9. The average molecular weight is 473 g/mol. The van der Waals surface area contributed by atoms with Crippen LogP contribution in [0, 0.1) is 17.6 Å². The summed E-state index contributed by atoms with van der Waals surface area (Å²) in [7, 11) is 0. The minimum absolute atomic E-state index is 0.236. The lowest BCUT2D eigenvalue weighted by molar-refractivity contribution is -0.123. The van der Waals surface area contributed by atoms with Gasteiger partial charge in [0.05, 0.1) is 0 Å². The minimum Gasteiger partial charge on any atom is -0.369 e. The van der Waals surface area contributed by atoms with Crippen molar-refractivity contribution in [2.45, 2.75) is 32.7 Å². The lowest BCUT2D eigenvalue weighted by Gasteiger charge is -2.36. The number of carbonyl (C=O) groups is 2. The second kappa shape index (κ2) is 12.5. The SMILES string of the molecule is CC(C)C(NC(=O)c1c(F)cccc1F)C(=O)NCCCCN1CCN(c2ccccc2)CC1. The van der Waals surface area contributed by atoms with Gasteiger partial charge in [-0.3, -0.25) is 14.5 Å². The molecule has 1 unspecified atom stereocenters. The Labute approximate surface area is 200 Å². The van der Waals surface area contributed by atoms with Crippen LogP contribution >= 0.6 is 0 Å². The molecule has 0 aliphatic carbocycles. The number of hydrogen-bond acceptors (Lipinski definition) is 4. The standard InChI is InChI=1S/C26H34F2N4O2/c1-19(2)24(30-25(33)23-21(27)11-8-12-22(23)28)26(34)29-13-6-7-14-31-15-17-32(18-16-31)20-9-4-3-5-10-20/h3-5,8-12,19,24H,6-7,13-18H2,1-2H3,(H,29,34)(H,30,33). The van der Waals surface area contributed by atoms with Gasteiger partial charge in [0.25, 0.3) is 5.91 Å². The summed E-state index contributed by atoms with van der Waals surface area (Å²) in [6.45, 7) is 9.02. The van der Waals surface area contributed by atoms with Crippen LogP contribution in [0.1, 0.15) is 37.0 Å². The largest absolute Gasteiger partial charge is 0.369 e. The van der Waals surface area contributed by atoms with Gasteiger partial charge in [-0.1, -0.05) is 38.1 Å². The lowest BCUT2D eigenvalue weighted by atomic mass is 10.0. The fraction of sp³-hybridized carbons (Fsp3) is 0.462. The summed E-state index contributed by atoms with van der Waals surface area (Å²) in [6, 6.07) is 12.8. The molecule has 1 heterocycles. The van der Waals surface area contributed by atoms with Crippen molar-refractivity contribution in [3.63, 3.8) is 0 Å². The summed E-state index contributed by atoms with van der Waals surface area (Å²) < 4.78 is 27.8. The molecule has 0 radical (unpaired) electrons. The molecule has 184 valence electrons. The molecule has 0 spiro atoms. The first-order valence-electron chi connectivity index (χ1n) is 11.9. The Kier molecular flexibility index (Phi) is 9.39. The van der Waals surface area contributed by atoms with Crippen molar-refractivity contribution in [1.29, 1.82) is 0 Å². The Hall–Kier alpha value is -3.00. The molecule has 1 aliphatic rings. The fourth-order valence-corrected chi connectivity index (χ4v) is 4.11. The minimum atomic E-state index is -0.954. The van der Waals surface area contributed by atoms with Gasteiger partial charge >= 0.3 is 0 Å². The van der Waals surface area contributed by atoms with Crippen LogP contribution in [0.25, 0.3) is 0 Å². The number of carbonyl (C=O) groups excluding carboxylic acids is 2. The van der Waals surface area contributed by atoms with E-state index in [9.17, 15) is 18.4 Å². The molecule has 3 rings (SSSR count). The van der Waals surface area contributed by atoms with Crippen LogP contribution in [0.3, 0.4) is 0 Å². The van der Waals surface area contributed by atoms with E-state index in [1.165, 1.54) is 11.8 Å². The molecule has 6 nitrogen and oxygen atoms in total. The van der Waals surface area contributed by atoms with E-state index in [-0.39, 0.29) is 11.8 Å². The highest BCUT2D eigenvalue weighted by atomic mass is 19.1. The number of halogens is 2. The first-order chi connectivity index (χ1) is 16.4. The number of piperazine rings is 1. The van der Waals surface area contributed by atoms with E-state index in [2.05, 4.69) is 44.7 Å². The van der Waals surface area contributed by atoms with E-state index in [1.54, 1.807) is 13.8 Å². The molecule has 1 atom stereocenters. The van der Waals surface area contributed by atoms with E-state index in [4.69, 9.17) is 0 Å². The highest BCUT2D eigenvalue weighted by Crippen LogP contribution is 2.16. The zero-order valence-corrected chi connectivity index (χ0v) is 19.9. The number of nitrogens with one attached hydrogen (secondary N) is 2. The van der Waals surface area contributed by atoms with Gasteiger partial charge in [0.2, 0.25) is 5.91 Å². The van der Waals surface area contributed by atoms with Crippen LogP contribution in [0.15, 0.2) is 48.5 Å². The van der Waals surface area contributed by atoms with Gasteiger partial charge in [0, 0.05) is 38.4 Å². The van der Waals surface area contributed by atoms with Gasteiger partial charge in [-0.15, -0.1) is 0 Å². The molecule has 8 heteroatoms. The molecule has 1 fully saturated rings. The third-order valence-electron chi connectivity index (χ3n) is 6.12. The number of unbranched alkanes of at least 4 members (excludes halogenated alkanes) is 1. The average Bonchev–Trinajstić information content (AvgIpc) is 2.83. The maximum atomic E-state index is 13.9. The van der Waals surface area contributed by atoms with E-state index < -0.39 is 29.1 Å². The van der Waals surface area contributed by atoms with E-state index in [0.717, 1.165) is 57.7 Å². The monoisotopic (exact) mass is 472 g/mol. The summed E-state index contributed by atoms with van der Waals surface area (Å²) in [6.07, 6.45) is 1.76. The smallest absolute Gasteiger partial charge is 0.257 e. The predicted molar refractivity (Wildman–Crippen MR) is 130 cm³/mol. The maximum Gasteiger partial charge on any atom is 0.257 e. The van der Waals surface area contributed by atoms with Gasteiger partial charge in [0.1, 0.15) is 23.2 Å². The summed E-state index contributed by atoms with van der Waals surface area (Å²) in [5, 5.41) is 5.33. The van der Waals surface area contributed by atoms with Gasteiger partial charge in [0.15, 0.2) is 0 Å². The Morgan fingerprint density at radius 1 is 0.912 bits per heavy atom. The quantitative estimate of drug-likeness (QED) is 0.520. The first kappa shape index (κ1) is 25.6. The summed E-state index contributed by atoms with van der Waals surface area (Å²) >= 11 is 0. The van der Waals surface area contributed by atoms with Crippen molar-refractivity contribution in [2.75, 3.05) is 44.2 Å². The second-order valence-corrected chi connectivity index (χ2v) is 8.95. The van der Waals surface area contributed by atoms with Crippen molar-refractivity contribution in [3.05, 3.63) is 65.7 Å². The molecule has 0 aromatic heterocycles.